The van der Waals surface area contributed by atoms with Gasteiger partial charge in [0.05, 0.1) is 11.1 Å². The summed E-state index contributed by atoms with van der Waals surface area (Å²) in [6.07, 6.45) is 8.45. The summed E-state index contributed by atoms with van der Waals surface area (Å²) in [5.74, 6) is 0.0785. The summed E-state index contributed by atoms with van der Waals surface area (Å²) in [5, 5.41) is 5.86. The van der Waals surface area contributed by atoms with Crippen molar-refractivity contribution in [3.8, 4) is 0 Å². The molecule has 1 saturated carbocycles. The van der Waals surface area contributed by atoms with Crippen LogP contribution in [0.5, 0.6) is 0 Å². The van der Waals surface area contributed by atoms with E-state index < -0.39 is 0 Å². The van der Waals surface area contributed by atoms with Gasteiger partial charge in [0, 0.05) is 37.4 Å². The van der Waals surface area contributed by atoms with E-state index in [1.807, 2.05) is 0 Å². The molecule has 2 N–H and O–H groups in total. The summed E-state index contributed by atoms with van der Waals surface area (Å²) in [5.41, 5.74) is 1.04. The minimum atomic E-state index is -0.181. The molecular formula is C17H18N4O2. The molecule has 23 heavy (non-hydrogen) atoms. The van der Waals surface area contributed by atoms with Gasteiger partial charge in [-0.3, -0.25) is 19.6 Å². The molecule has 0 aliphatic heterocycles. The third-order valence-corrected chi connectivity index (χ3v) is 3.84. The van der Waals surface area contributed by atoms with Crippen LogP contribution in [0.4, 0.5) is 0 Å². The normalized spacial score (nSPS) is 14.8. The van der Waals surface area contributed by atoms with E-state index in [1.54, 1.807) is 36.7 Å². The smallest absolute Gasteiger partial charge is 0.253 e. The highest BCUT2D eigenvalue weighted by Gasteiger charge is 2.32. The van der Waals surface area contributed by atoms with Crippen molar-refractivity contribution >= 4 is 11.8 Å². The van der Waals surface area contributed by atoms with Gasteiger partial charge in [0.1, 0.15) is 0 Å². The largest absolute Gasteiger partial charge is 0.350 e. The van der Waals surface area contributed by atoms with Crippen LogP contribution in [-0.2, 0) is 0 Å². The predicted molar refractivity (Wildman–Crippen MR) is 84.8 cm³/mol. The van der Waals surface area contributed by atoms with Gasteiger partial charge in [0.2, 0.25) is 0 Å². The lowest BCUT2D eigenvalue weighted by Crippen LogP contribution is -2.45. The zero-order valence-electron chi connectivity index (χ0n) is 12.6. The Morgan fingerprint density at radius 3 is 2.17 bits per heavy atom. The van der Waals surface area contributed by atoms with E-state index in [2.05, 4.69) is 20.6 Å². The highest BCUT2D eigenvalue weighted by atomic mass is 16.2. The number of hydrogen-bond donors (Lipinski definition) is 2. The van der Waals surface area contributed by atoms with Gasteiger partial charge in [-0.15, -0.1) is 0 Å². The van der Waals surface area contributed by atoms with Crippen LogP contribution in [0.2, 0.25) is 0 Å². The number of aromatic nitrogens is 2. The molecule has 118 valence electrons. The Balaban J connectivity index is 1.57. The van der Waals surface area contributed by atoms with E-state index in [0.717, 1.165) is 12.8 Å². The second-order valence-electron chi connectivity index (χ2n) is 5.61. The van der Waals surface area contributed by atoms with Crippen molar-refractivity contribution in [2.24, 2.45) is 5.92 Å². The van der Waals surface area contributed by atoms with Crippen LogP contribution in [0, 0.1) is 5.92 Å². The van der Waals surface area contributed by atoms with Crippen molar-refractivity contribution in [2.75, 3.05) is 6.54 Å². The molecule has 1 aliphatic carbocycles. The number of carbonyl (C=O) groups is 2. The van der Waals surface area contributed by atoms with Gasteiger partial charge in [0.25, 0.3) is 11.8 Å². The molecule has 0 unspecified atom stereocenters. The van der Waals surface area contributed by atoms with Crippen molar-refractivity contribution in [3.05, 3.63) is 60.2 Å². The Hall–Kier alpha value is -2.76. The first kappa shape index (κ1) is 15.1. The molecule has 0 saturated heterocycles. The summed E-state index contributed by atoms with van der Waals surface area (Å²) in [6.45, 7) is 0.407. The van der Waals surface area contributed by atoms with Gasteiger partial charge in [-0.25, -0.2) is 0 Å². The van der Waals surface area contributed by atoms with E-state index in [1.165, 1.54) is 12.4 Å². The highest BCUT2D eigenvalue weighted by molar-refractivity contribution is 5.95. The lowest BCUT2D eigenvalue weighted by Gasteiger charge is -2.19. The zero-order chi connectivity index (χ0) is 16.1. The molecule has 0 aromatic carbocycles. The Morgan fingerprint density at radius 1 is 1.04 bits per heavy atom. The Kier molecular flexibility index (Phi) is 4.61. The third-order valence-electron chi connectivity index (χ3n) is 3.84. The molecule has 0 spiro atoms. The van der Waals surface area contributed by atoms with Crippen molar-refractivity contribution in [1.82, 2.24) is 20.6 Å². The molecule has 1 atom stereocenters. The van der Waals surface area contributed by atoms with Crippen LogP contribution in [0.1, 0.15) is 33.6 Å². The third kappa shape index (κ3) is 4.12. The first-order valence-electron chi connectivity index (χ1n) is 7.63. The summed E-state index contributed by atoms with van der Waals surface area (Å²) in [7, 11) is 0. The first-order chi connectivity index (χ1) is 11.2. The molecule has 0 bridgehead atoms. The quantitative estimate of drug-likeness (QED) is 0.845. The molecule has 3 rings (SSSR count). The topological polar surface area (TPSA) is 84.0 Å². The SMILES string of the molecule is O=C(NC[C@H](NC(=O)c1cccnc1)C1CC1)c1cccnc1. The molecule has 2 aromatic heterocycles. The van der Waals surface area contributed by atoms with Gasteiger partial charge < -0.3 is 10.6 Å². The lowest BCUT2D eigenvalue weighted by molar-refractivity contribution is 0.0903. The van der Waals surface area contributed by atoms with E-state index >= 15 is 0 Å². The van der Waals surface area contributed by atoms with E-state index in [9.17, 15) is 9.59 Å². The molecule has 2 heterocycles. The van der Waals surface area contributed by atoms with E-state index in [-0.39, 0.29) is 17.9 Å². The fourth-order valence-corrected chi connectivity index (χ4v) is 2.38. The predicted octanol–water partition coefficient (Wildman–Crippen LogP) is 1.41. The van der Waals surface area contributed by atoms with E-state index in [0.29, 0.717) is 23.6 Å². The number of hydrogen-bond acceptors (Lipinski definition) is 4. The maximum Gasteiger partial charge on any atom is 0.253 e. The Bertz CT molecular complexity index is 672. The van der Waals surface area contributed by atoms with Crippen LogP contribution in [-0.4, -0.2) is 34.4 Å². The number of carbonyl (C=O) groups excluding carboxylic acids is 2. The minimum Gasteiger partial charge on any atom is -0.350 e. The number of pyridine rings is 2. The molecule has 1 aliphatic rings. The Morgan fingerprint density at radius 2 is 1.65 bits per heavy atom. The first-order valence-corrected chi connectivity index (χ1v) is 7.63. The molecule has 0 radical (unpaired) electrons. The molecule has 1 fully saturated rings. The second-order valence-corrected chi connectivity index (χ2v) is 5.61. The van der Waals surface area contributed by atoms with Crippen LogP contribution < -0.4 is 10.6 Å². The number of nitrogens with zero attached hydrogens (tertiary/aromatic N) is 2. The fraction of sp³-hybridized carbons (Fsp3) is 0.294. The van der Waals surface area contributed by atoms with Crippen LogP contribution in [0.25, 0.3) is 0 Å². The second kappa shape index (κ2) is 7.00. The summed E-state index contributed by atoms with van der Waals surface area (Å²) in [6, 6.07) is 6.81. The molecule has 2 aromatic rings. The van der Waals surface area contributed by atoms with E-state index in [4.69, 9.17) is 0 Å². The highest BCUT2D eigenvalue weighted by Crippen LogP contribution is 2.32. The zero-order valence-corrected chi connectivity index (χ0v) is 12.6. The van der Waals surface area contributed by atoms with Crippen LogP contribution in [0.15, 0.2) is 49.1 Å². The monoisotopic (exact) mass is 310 g/mol. The molecule has 6 nitrogen and oxygen atoms in total. The average molecular weight is 310 g/mol. The van der Waals surface area contributed by atoms with Crippen LogP contribution >= 0.6 is 0 Å². The summed E-state index contributed by atoms with van der Waals surface area (Å²) >= 11 is 0. The summed E-state index contributed by atoms with van der Waals surface area (Å²) in [4.78, 5) is 32.2. The number of nitrogens with one attached hydrogen (secondary N) is 2. The van der Waals surface area contributed by atoms with Gasteiger partial charge in [-0.05, 0) is 43.0 Å². The van der Waals surface area contributed by atoms with Crippen molar-refractivity contribution < 1.29 is 9.59 Å². The number of rotatable bonds is 6. The Labute approximate surface area is 134 Å². The van der Waals surface area contributed by atoms with Gasteiger partial charge in [-0.1, -0.05) is 0 Å². The van der Waals surface area contributed by atoms with Gasteiger partial charge >= 0.3 is 0 Å². The van der Waals surface area contributed by atoms with Gasteiger partial charge in [0.15, 0.2) is 0 Å². The van der Waals surface area contributed by atoms with Crippen molar-refractivity contribution in [3.63, 3.8) is 0 Å². The van der Waals surface area contributed by atoms with Gasteiger partial charge in [-0.2, -0.15) is 0 Å². The number of amides is 2. The standard InChI is InChI=1S/C17H18N4O2/c22-16(13-3-1-7-18-9-13)20-11-15(12-5-6-12)21-17(23)14-4-2-8-19-10-14/h1-4,7-10,12,15H,5-6,11H2,(H,20,22)(H,21,23)/t15-/m0/s1. The maximum atomic E-state index is 12.2. The fourth-order valence-electron chi connectivity index (χ4n) is 2.38. The van der Waals surface area contributed by atoms with Crippen molar-refractivity contribution in [1.29, 1.82) is 0 Å². The summed E-state index contributed by atoms with van der Waals surface area (Å²) < 4.78 is 0. The van der Waals surface area contributed by atoms with Crippen molar-refractivity contribution in [2.45, 2.75) is 18.9 Å². The molecule has 6 heteroatoms. The maximum absolute atomic E-state index is 12.2. The molecular weight excluding hydrogens is 292 g/mol. The average Bonchev–Trinajstić information content (AvgIpc) is 3.44. The van der Waals surface area contributed by atoms with Crippen LogP contribution in [0.3, 0.4) is 0 Å². The molecule has 2 amide bonds. The lowest BCUT2D eigenvalue weighted by atomic mass is 10.1. The minimum absolute atomic E-state index is 0.0664.